The highest BCUT2D eigenvalue weighted by Crippen LogP contribution is 2.51. The topological polar surface area (TPSA) is 12.0 Å². The summed E-state index contributed by atoms with van der Waals surface area (Å²) < 4.78 is 0. The van der Waals surface area contributed by atoms with E-state index in [2.05, 4.69) is 26.1 Å². The standard InChI is InChI=1S/C14H27N/c1-11(2)12(3)15-13-7-10-14(13)8-5-4-6-9-14/h11-13,15H,4-10H2,1-3H3. The third-order valence-corrected chi connectivity index (χ3v) is 4.98. The highest BCUT2D eigenvalue weighted by Gasteiger charge is 2.46. The second-order valence-electron chi connectivity index (χ2n) is 6.21. The van der Waals surface area contributed by atoms with Crippen LogP contribution in [-0.4, -0.2) is 12.1 Å². The molecule has 0 aliphatic heterocycles. The van der Waals surface area contributed by atoms with E-state index in [1.54, 1.807) is 0 Å². The van der Waals surface area contributed by atoms with Gasteiger partial charge in [0, 0.05) is 12.1 Å². The Bertz CT molecular complexity index is 203. The predicted molar refractivity (Wildman–Crippen MR) is 66.0 cm³/mol. The van der Waals surface area contributed by atoms with Gasteiger partial charge in [-0.2, -0.15) is 0 Å². The molecule has 0 bridgehead atoms. The smallest absolute Gasteiger partial charge is 0.0126 e. The molecule has 0 amide bonds. The minimum atomic E-state index is 0.689. The second-order valence-corrected chi connectivity index (χ2v) is 6.21. The van der Waals surface area contributed by atoms with E-state index < -0.39 is 0 Å². The Labute approximate surface area is 95.0 Å². The van der Waals surface area contributed by atoms with E-state index in [0.717, 1.165) is 17.4 Å². The van der Waals surface area contributed by atoms with Gasteiger partial charge in [-0.25, -0.2) is 0 Å². The SMILES string of the molecule is CC(C)C(C)NC1CCC12CCCCC2. The van der Waals surface area contributed by atoms with Crippen molar-refractivity contribution in [1.29, 1.82) is 0 Å². The maximum atomic E-state index is 3.88. The molecule has 1 heteroatoms. The average molecular weight is 209 g/mol. The molecule has 1 spiro atoms. The van der Waals surface area contributed by atoms with Crippen LogP contribution in [0.2, 0.25) is 0 Å². The molecular weight excluding hydrogens is 182 g/mol. The third-order valence-electron chi connectivity index (χ3n) is 4.98. The lowest BCUT2D eigenvalue weighted by atomic mass is 9.57. The van der Waals surface area contributed by atoms with Gasteiger partial charge in [0.15, 0.2) is 0 Å². The van der Waals surface area contributed by atoms with Crippen LogP contribution < -0.4 is 5.32 Å². The van der Waals surface area contributed by atoms with Gasteiger partial charge in [-0.05, 0) is 43.9 Å². The first-order valence-corrected chi connectivity index (χ1v) is 6.90. The minimum Gasteiger partial charge on any atom is -0.311 e. The van der Waals surface area contributed by atoms with Crippen molar-refractivity contribution in [3.8, 4) is 0 Å². The Morgan fingerprint density at radius 1 is 1.00 bits per heavy atom. The Kier molecular flexibility index (Phi) is 3.39. The maximum absolute atomic E-state index is 3.88. The molecule has 88 valence electrons. The number of nitrogens with one attached hydrogen (secondary N) is 1. The van der Waals surface area contributed by atoms with Crippen molar-refractivity contribution in [1.82, 2.24) is 5.32 Å². The first-order valence-electron chi connectivity index (χ1n) is 6.90. The molecule has 0 aromatic rings. The fourth-order valence-electron chi connectivity index (χ4n) is 3.32. The summed E-state index contributed by atoms with van der Waals surface area (Å²) in [5.74, 6) is 0.770. The fourth-order valence-corrected chi connectivity index (χ4v) is 3.32. The molecule has 2 fully saturated rings. The first kappa shape index (κ1) is 11.4. The lowest BCUT2D eigenvalue weighted by Crippen LogP contribution is -2.57. The van der Waals surface area contributed by atoms with Crippen molar-refractivity contribution in [2.75, 3.05) is 0 Å². The van der Waals surface area contributed by atoms with Gasteiger partial charge in [0.2, 0.25) is 0 Å². The largest absolute Gasteiger partial charge is 0.311 e. The molecule has 0 aromatic carbocycles. The van der Waals surface area contributed by atoms with Gasteiger partial charge in [-0.3, -0.25) is 0 Å². The van der Waals surface area contributed by atoms with E-state index in [1.807, 2.05) is 0 Å². The summed E-state index contributed by atoms with van der Waals surface area (Å²) in [7, 11) is 0. The second kappa shape index (κ2) is 4.45. The monoisotopic (exact) mass is 209 g/mol. The number of rotatable bonds is 3. The normalized spacial score (nSPS) is 31.6. The zero-order valence-corrected chi connectivity index (χ0v) is 10.7. The predicted octanol–water partition coefficient (Wildman–Crippen LogP) is 3.73. The van der Waals surface area contributed by atoms with E-state index in [-0.39, 0.29) is 0 Å². The summed E-state index contributed by atoms with van der Waals surface area (Å²) in [6.45, 7) is 6.99. The molecule has 1 N–H and O–H groups in total. The summed E-state index contributed by atoms with van der Waals surface area (Å²) >= 11 is 0. The van der Waals surface area contributed by atoms with Crippen molar-refractivity contribution in [3.63, 3.8) is 0 Å². The van der Waals surface area contributed by atoms with Crippen LogP contribution in [0.25, 0.3) is 0 Å². The molecule has 0 aromatic heterocycles. The molecule has 2 saturated carbocycles. The molecule has 2 unspecified atom stereocenters. The first-order chi connectivity index (χ1) is 7.14. The van der Waals surface area contributed by atoms with Crippen molar-refractivity contribution in [3.05, 3.63) is 0 Å². The third kappa shape index (κ3) is 2.22. The lowest BCUT2D eigenvalue weighted by Gasteiger charge is -2.53. The van der Waals surface area contributed by atoms with E-state index >= 15 is 0 Å². The van der Waals surface area contributed by atoms with Crippen LogP contribution in [0, 0.1) is 11.3 Å². The average Bonchev–Trinajstić information content (AvgIpc) is 2.25. The maximum Gasteiger partial charge on any atom is 0.0126 e. The Morgan fingerprint density at radius 3 is 2.13 bits per heavy atom. The number of hydrogen-bond donors (Lipinski definition) is 1. The van der Waals surface area contributed by atoms with Gasteiger partial charge < -0.3 is 5.32 Å². The zero-order valence-electron chi connectivity index (χ0n) is 10.7. The Balaban J connectivity index is 1.87. The lowest BCUT2D eigenvalue weighted by molar-refractivity contribution is 0.0145. The molecular formula is C14H27N. The summed E-state index contributed by atoms with van der Waals surface area (Å²) in [6, 6.07) is 1.53. The van der Waals surface area contributed by atoms with Gasteiger partial charge in [-0.15, -0.1) is 0 Å². The van der Waals surface area contributed by atoms with Crippen LogP contribution in [0.4, 0.5) is 0 Å². The quantitative estimate of drug-likeness (QED) is 0.747. The summed E-state index contributed by atoms with van der Waals surface area (Å²) in [5, 5.41) is 3.88. The van der Waals surface area contributed by atoms with Crippen LogP contribution in [0.1, 0.15) is 65.7 Å². The molecule has 15 heavy (non-hydrogen) atoms. The molecule has 2 aliphatic rings. The van der Waals surface area contributed by atoms with E-state index in [4.69, 9.17) is 0 Å². The summed E-state index contributed by atoms with van der Waals surface area (Å²) in [4.78, 5) is 0. The van der Waals surface area contributed by atoms with E-state index in [9.17, 15) is 0 Å². The minimum absolute atomic E-state index is 0.689. The van der Waals surface area contributed by atoms with Gasteiger partial charge in [-0.1, -0.05) is 33.1 Å². The summed E-state index contributed by atoms with van der Waals surface area (Å²) in [6.07, 6.45) is 10.4. The van der Waals surface area contributed by atoms with Gasteiger partial charge >= 0.3 is 0 Å². The molecule has 1 nitrogen and oxygen atoms in total. The molecule has 0 radical (unpaired) electrons. The highest BCUT2D eigenvalue weighted by molar-refractivity contribution is 5.02. The Hall–Kier alpha value is -0.0400. The Morgan fingerprint density at radius 2 is 1.67 bits per heavy atom. The zero-order chi connectivity index (χ0) is 10.9. The van der Waals surface area contributed by atoms with Crippen molar-refractivity contribution < 1.29 is 0 Å². The molecule has 2 rings (SSSR count). The van der Waals surface area contributed by atoms with Crippen molar-refractivity contribution >= 4 is 0 Å². The van der Waals surface area contributed by atoms with Crippen LogP contribution in [0.3, 0.4) is 0 Å². The van der Waals surface area contributed by atoms with Gasteiger partial charge in [0.05, 0.1) is 0 Å². The van der Waals surface area contributed by atoms with Crippen molar-refractivity contribution in [2.45, 2.75) is 77.8 Å². The van der Waals surface area contributed by atoms with Crippen LogP contribution in [0.15, 0.2) is 0 Å². The van der Waals surface area contributed by atoms with Crippen LogP contribution in [0.5, 0.6) is 0 Å². The molecule has 2 atom stereocenters. The molecule has 0 saturated heterocycles. The van der Waals surface area contributed by atoms with E-state index in [0.29, 0.717) is 6.04 Å². The van der Waals surface area contributed by atoms with E-state index in [1.165, 1.54) is 44.9 Å². The number of hydrogen-bond acceptors (Lipinski definition) is 1. The molecule has 2 aliphatic carbocycles. The molecule has 0 heterocycles. The van der Waals surface area contributed by atoms with Crippen LogP contribution in [-0.2, 0) is 0 Å². The van der Waals surface area contributed by atoms with Crippen molar-refractivity contribution in [2.24, 2.45) is 11.3 Å². The van der Waals surface area contributed by atoms with Gasteiger partial charge in [0.1, 0.15) is 0 Å². The fraction of sp³-hybridized carbons (Fsp3) is 1.00. The van der Waals surface area contributed by atoms with Gasteiger partial charge in [0.25, 0.3) is 0 Å². The summed E-state index contributed by atoms with van der Waals surface area (Å²) in [5.41, 5.74) is 0.724. The highest BCUT2D eigenvalue weighted by atomic mass is 15.0. The van der Waals surface area contributed by atoms with Crippen LogP contribution >= 0.6 is 0 Å².